The molecule has 1 heterocycles. The molecule has 70 valence electrons. The fourth-order valence-corrected chi connectivity index (χ4v) is 2.56. The van der Waals surface area contributed by atoms with E-state index in [0.29, 0.717) is 5.25 Å². The van der Waals surface area contributed by atoms with Crippen LogP contribution in [-0.2, 0) is 4.74 Å². The van der Waals surface area contributed by atoms with Gasteiger partial charge in [0.05, 0.1) is 5.25 Å². The van der Waals surface area contributed by atoms with Crippen LogP contribution < -0.4 is 0 Å². The molecule has 0 aromatic rings. The Bertz CT molecular complexity index is 183. The molecule has 0 aromatic heterocycles. The first-order valence-electron chi connectivity index (χ1n) is 4.32. The summed E-state index contributed by atoms with van der Waals surface area (Å²) in [7, 11) is 0. The van der Waals surface area contributed by atoms with E-state index in [-0.39, 0.29) is 16.8 Å². The number of cyclic esters (lactones) is 1. The standard InChI is InChI=1S/C9H16O2S/c1-5-6-7(9(2,3)4)12-8(10)11-6/h6-7H,5H2,1-4H3. The molecule has 0 N–H and O–H groups in total. The van der Waals surface area contributed by atoms with Gasteiger partial charge in [0.2, 0.25) is 0 Å². The van der Waals surface area contributed by atoms with Crippen LogP contribution in [0.1, 0.15) is 34.1 Å². The van der Waals surface area contributed by atoms with E-state index in [1.807, 2.05) is 0 Å². The van der Waals surface area contributed by atoms with Crippen LogP contribution in [0, 0.1) is 5.41 Å². The van der Waals surface area contributed by atoms with Crippen LogP contribution in [0.15, 0.2) is 0 Å². The summed E-state index contributed by atoms with van der Waals surface area (Å²) in [5, 5.41) is 0.205. The van der Waals surface area contributed by atoms with Crippen LogP contribution in [-0.4, -0.2) is 16.7 Å². The maximum Gasteiger partial charge on any atom is 0.368 e. The van der Waals surface area contributed by atoms with Gasteiger partial charge in [0.15, 0.2) is 0 Å². The number of thioether (sulfide) groups is 1. The van der Waals surface area contributed by atoms with Gasteiger partial charge in [-0.15, -0.1) is 0 Å². The molecule has 1 rings (SSSR count). The highest BCUT2D eigenvalue weighted by Crippen LogP contribution is 2.41. The molecule has 0 aliphatic carbocycles. The Labute approximate surface area is 78.1 Å². The molecule has 0 amide bonds. The number of carbonyl (C=O) groups excluding carboxylic acids is 1. The maximum atomic E-state index is 11.0. The smallest absolute Gasteiger partial charge is 0.368 e. The van der Waals surface area contributed by atoms with Crippen molar-refractivity contribution in [2.24, 2.45) is 5.41 Å². The third kappa shape index (κ3) is 1.94. The Balaban J connectivity index is 2.70. The van der Waals surface area contributed by atoms with Crippen LogP contribution in [0.3, 0.4) is 0 Å². The predicted octanol–water partition coefficient (Wildman–Crippen LogP) is 3.06. The zero-order chi connectivity index (χ0) is 9.35. The van der Waals surface area contributed by atoms with E-state index >= 15 is 0 Å². The Morgan fingerprint density at radius 1 is 1.50 bits per heavy atom. The van der Waals surface area contributed by atoms with E-state index in [1.54, 1.807) is 0 Å². The molecule has 3 heteroatoms. The van der Waals surface area contributed by atoms with Crippen molar-refractivity contribution in [2.45, 2.75) is 45.5 Å². The van der Waals surface area contributed by atoms with Gasteiger partial charge in [0.1, 0.15) is 6.10 Å². The number of hydrogen-bond acceptors (Lipinski definition) is 3. The topological polar surface area (TPSA) is 26.3 Å². The van der Waals surface area contributed by atoms with Crippen LogP contribution in [0.25, 0.3) is 0 Å². The molecule has 1 aliphatic heterocycles. The van der Waals surface area contributed by atoms with Gasteiger partial charge in [-0.3, -0.25) is 0 Å². The molecule has 2 unspecified atom stereocenters. The lowest BCUT2D eigenvalue weighted by Gasteiger charge is -2.27. The number of hydrogen-bond donors (Lipinski definition) is 0. The quantitative estimate of drug-likeness (QED) is 0.591. The zero-order valence-electron chi connectivity index (χ0n) is 8.09. The summed E-state index contributed by atoms with van der Waals surface area (Å²) in [6.07, 6.45) is 1.03. The second-order valence-electron chi connectivity index (χ2n) is 4.22. The third-order valence-electron chi connectivity index (χ3n) is 2.06. The molecule has 0 radical (unpaired) electrons. The Hall–Kier alpha value is -0.180. The number of carbonyl (C=O) groups is 1. The zero-order valence-corrected chi connectivity index (χ0v) is 8.90. The molecule has 0 bridgehead atoms. The van der Waals surface area contributed by atoms with Crippen molar-refractivity contribution in [1.29, 1.82) is 0 Å². The SMILES string of the molecule is CCC1OC(=O)SC1C(C)(C)C. The second kappa shape index (κ2) is 3.29. The molecule has 1 fully saturated rings. The summed E-state index contributed by atoms with van der Waals surface area (Å²) in [5.41, 5.74) is 0.150. The summed E-state index contributed by atoms with van der Waals surface area (Å²) < 4.78 is 5.17. The largest absolute Gasteiger partial charge is 0.453 e. The lowest BCUT2D eigenvalue weighted by Crippen LogP contribution is -2.31. The van der Waals surface area contributed by atoms with Crippen molar-refractivity contribution >= 4 is 17.1 Å². The average molecular weight is 188 g/mol. The van der Waals surface area contributed by atoms with Crippen LogP contribution >= 0.6 is 11.8 Å². The molecule has 0 spiro atoms. The summed E-state index contributed by atoms with van der Waals surface area (Å²) in [6.45, 7) is 8.50. The van der Waals surface area contributed by atoms with E-state index in [9.17, 15) is 4.79 Å². The number of rotatable bonds is 1. The highest BCUT2D eigenvalue weighted by atomic mass is 32.2. The van der Waals surface area contributed by atoms with Crippen LogP contribution in [0.5, 0.6) is 0 Å². The Kier molecular flexibility index (Phi) is 2.71. The fourth-order valence-electron chi connectivity index (χ4n) is 1.42. The fraction of sp³-hybridized carbons (Fsp3) is 0.889. The van der Waals surface area contributed by atoms with Gasteiger partial charge in [0, 0.05) is 0 Å². The molecular formula is C9H16O2S. The Morgan fingerprint density at radius 3 is 2.42 bits per heavy atom. The first-order chi connectivity index (χ1) is 5.45. The van der Waals surface area contributed by atoms with Gasteiger partial charge in [-0.05, 0) is 23.6 Å². The normalized spacial score (nSPS) is 30.5. The van der Waals surface area contributed by atoms with E-state index in [1.165, 1.54) is 11.8 Å². The molecule has 1 saturated heterocycles. The maximum absolute atomic E-state index is 11.0. The van der Waals surface area contributed by atoms with E-state index in [4.69, 9.17) is 4.74 Å². The van der Waals surface area contributed by atoms with Crippen molar-refractivity contribution in [1.82, 2.24) is 0 Å². The first-order valence-corrected chi connectivity index (χ1v) is 5.20. The minimum atomic E-state index is -0.109. The molecule has 12 heavy (non-hydrogen) atoms. The van der Waals surface area contributed by atoms with E-state index in [2.05, 4.69) is 27.7 Å². The third-order valence-corrected chi connectivity index (χ3v) is 3.62. The minimum absolute atomic E-state index is 0.109. The van der Waals surface area contributed by atoms with Crippen LogP contribution in [0.2, 0.25) is 0 Å². The van der Waals surface area contributed by atoms with Crippen LogP contribution in [0.4, 0.5) is 4.79 Å². The summed E-state index contributed by atoms with van der Waals surface area (Å²) in [4.78, 5) is 11.0. The lowest BCUT2D eigenvalue weighted by molar-refractivity contribution is 0.110. The lowest BCUT2D eigenvalue weighted by atomic mass is 9.87. The highest BCUT2D eigenvalue weighted by molar-refractivity contribution is 8.14. The van der Waals surface area contributed by atoms with Gasteiger partial charge >= 0.3 is 5.30 Å². The van der Waals surface area contributed by atoms with E-state index < -0.39 is 0 Å². The van der Waals surface area contributed by atoms with Gasteiger partial charge in [-0.1, -0.05) is 27.7 Å². The van der Waals surface area contributed by atoms with Crippen molar-refractivity contribution in [2.75, 3.05) is 0 Å². The van der Waals surface area contributed by atoms with Gasteiger partial charge in [-0.25, -0.2) is 4.79 Å². The first kappa shape index (κ1) is 9.90. The van der Waals surface area contributed by atoms with Crippen molar-refractivity contribution < 1.29 is 9.53 Å². The Morgan fingerprint density at radius 2 is 2.08 bits per heavy atom. The summed E-state index contributed by atoms with van der Waals surface area (Å²) in [5.74, 6) is 0. The van der Waals surface area contributed by atoms with Crippen molar-refractivity contribution in [3.05, 3.63) is 0 Å². The van der Waals surface area contributed by atoms with Gasteiger partial charge in [0.25, 0.3) is 0 Å². The average Bonchev–Trinajstić information content (AvgIpc) is 2.29. The minimum Gasteiger partial charge on any atom is -0.453 e. The second-order valence-corrected chi connectivity index (χ2v) is 5.30. The summed E-state index contributed by atoms with van der Waals surface area (Å²) in [6, 6.07) is 0. The summed E-state index contributed by atoms with van der Waals surface area (Å²) >= 11 is 1.34. The molecule has 2 atom stereocenters. The molecule has 2 nitrogen and oxygen atoms in total. The van der Waals surface area contributed by atoms with Gasteiger partial charge < -0.3 is 4.74 Å². The predicted molar refractivity (Wildman–Crippen MR) is 51.4 cm³/mol. The van der Waals surface area contributed by atoms with Crippen molar-refractivity contribution in [3.8, 4) is 0 Å². The molecule has 0 saturated carbocycles. The molecule has 0 aromatic carbocycles. The van der Waals surface area contributed by atoms with Crippen molar-refractivity contribution in [3.63, 3.8) is 0 Å². The van der Waals surface area contributed by atoms with Gasteiger partial charge in [-0.2, -0.15) is 0 Å². The molecular weight excluding hydrogens is 172 g/mol. The number of ether oxygens (including phenoxy) is 1. The monoisotopic (exact) mass is 188 g/mol. The molecule has 1 aliphatic rings. The van der Waals surface area contributed by atoms with E-state index in [0.717, 1.165) is 6.42 Å². The highest BCUT2D eigenvalue weighted by Gasteiger charge is 2.41.